The molecular weight excluding hydrogens is 302 g/mol. The summed E-state index contributed by atoms with van der Waals surface area (Å²) in [7, 11) is 0. The Labute approximate surface area is 127 Å². The van der Waals surface area contributed by atoms with Crippen molar-refractivity contribution in [3.05, 3.63) is 46.0 Å². The first-order valence-corrected chi connectivity index (χ1v) is 7.17. The molecule has 6 heteroatoms. The smallest absolute Gasteiger partial charge is 0.131 e. The number of aromatic nitrogens is 2. The Kier molecular flexibility index (Phi) is 4.89. The minimum absolute atomic E-state index is 0.187. The summed E-state index contributed by atoms with van der Waals surface area (Å²) < 4.78 is 20.6. The van der Waals surface area contributed by atoms with Crippen LogP contribution in [-0.4, -0.2) is 9.78 Å². The quantitative estimate of drug-likeness (QED) is 0.768. The van der Waals surface area contributed by atoms with E-state index in [1.807, 2.05) is 13.8 Å². The summed E-state index contributed by atoms with van der Waals surface area (Å²) in [5.74, 6) is 0.409. The van der Waals surface area contributed by atoms with Crippen molar-refractivity contribution in [2.24, 2.45) is 0 Å². The van der Waals surface area contributed by atoms with Crippen LogP contribution in [0, 0.1) is 12.7 Å². The van der Waals surface area contributed by atoms with Gasteiger partial charge >= 0.3 is 0 Å². The van der Waals surface area contributed by atoms with Gasteiger partial charge in [0, 0.05) is 12.1 Å². The van der Waals surface area contributed by atoms with E-state index in [1.54, 1.807) is 10.7 Å². The molecule has 0 saturated heterocycles. The fourth-order valence-corrected chi connectivity index (χ4v) is 2.35. The number of ether oxygens (including phenoxy) is 1. The van der Waals surface area contributed by atoms with Crippen molar-refractivity contribution in [3.63, 3.8) is 0 Å². The molecular formula is C14H15Cl2FN2O. The molecule has 0 atom stereocenters. The van der Waals surface area contributed by atoms with Gasteiger partial charge in [-0.2, -0.15) is 5.10 Å². The van der Waals surface area contributed by atoms with Gasteiger partial charge in [-0.3, -0.25) is 4.68 Å². The largest absolute Gasteiger partial charge is 0.487 e. The van der Waals surface area contributed by atoms with E-state index in [2.05, 4.69) is 5.10 Å². The molecule has 0 radical (unpaired) electrons. The molecule has 0 amide bonds. The third kappa shape index (κ3) is 3.07. The molecule has 3 nitrogen and oxygen atoms in total. The number of alkyl halides is 1. The highest BCUT2D eigenvalue weighted by Crippen LogP contribution is 2.25. The Morgan fingerprint density at radius 3 is 2.80 bits per heavy atom. The van der Waals surface area contributed by atoms with Crippen molar-refractivity contribution in [2.75, 3.05) is 0 Å². The molecule has 1 heterocycles. The van der Waals surface area contributed by atoms with E-state index in [0.717, 1.165) is 11.4 Å². The normalized spacial score (nSPS) is 10.8. The minimum Gasteiger partial charge on any atom is -0.487 e. The van der Waals surface area contributed by atoms with Crippen molar-refractivity contribution in [1.29, 1.82) is 0 Å². The zero-order valence-electron chi connectivity index (χ0n) is 11.3. The maximum Gasteiger partial charge on any atom is 0.131 e. The summed E-state index contributed by atoms with van der Waals surface area (Å²) >= 11 is 12.0. The van der Waals surface area contributed by atoms with Crippen molar-refractivity contribution in [3.8, 4) is 5.75 Å². The van der Waals surface area contributed by atoms with Gasteiger partial charge in [-0.15, -0.1) is 11.6 Å². The minimum atomic E-state index is -0.333. The van der Waals surface area contributed by atoms with Crippen LogP contribution in [0.15, 0.2) is 18.2 Å². The van der Waals surface area contributed by atoms with Gasteiger partial charge < -0.3 is 4.74 Å². The summed E-state index contributed by atoms with van der Waals surface area (Å²) in [6, 6.07) is 4.28. The number of benzene rings is 1. The van der Waals surface area contributed by atoms with Gasteiger partial charge in [0.15, 0.2) is 0 Å². The summed E-state index contributed by atoms with van der Waals surface area (Å²) in [4.78, 5) is 0. The summed E-state index contributed by atoms with van der Waals surface area (Å²) in [6.07, 6.45) is 0. The van der Waals surface area contributed by atoms with Gasteiger partial charge in [0.25, 0.3) is 0 Å². The van der Waals surface area contributed by atoms with Gasteiger partial charge in [0.1, 0.15) is 18.2 Å². The van der Waals surface area contributed by atoms with Crippen LogP contribution in [0.2, 0.25) is 5.02 Å². The van der Waals surface area contributed by atoms with Crippen LogP contribution >= 0.6 is 23.2 Å². The van der Waals surface area contributed by atoms with Crippen LogP contribution in [0.25, 0.3) is 0 Å². The van der Waals surface area contributed by atoms with E-state index >= 15 is 0 Å². The van der Waals surface area contributed by atoms with Gasteiger partial charge in [-0.1, -0.05) is 11.6 Å². The first-order chi connectivity index (χ1) is 9.56. The maximum absolute atomic E-state index is 13.1. The lowest BCUT2D eigenvalue weighted by Crippen LogP contribution is -2.07. The first kappa shape index (κ1) is 15.1. The molecule has 0 aliphatic rings. The third-order valence-corrected chi connectivity index (χ3v) is 3.76. The van der Waals surface area contributed by atoms with Crippen molar-refractivity contribution in [2.45, 2.75) is 32.9 Å². The highest BCUT2D eigenvalue weighted by Gasteiger charge is 2.14. The zero-order chi connectivity index (χ0) is 14.7. The van der Waals surface area contributed by atoms with Crippen molar-refractivity contribution < 1.29 is 9.13 Å². The highest BCUT2D eigenvalue weighted by atomic mass is 35.5. The lowest BCUT2D eigenvalue weighted by atomic mass is 10.2. The molecule has 0 aliphatic heterocycles. The molecule has 0 fully saturated rings. The Morgan fingerprint density at radius 2 is 2.15 bits per heavy atom. The van der Waals surface area contributed by atoms with Crippen LogP contribution in [0.3, 0.4) is 0 Å². The van der Waals surface area contributed by atoms with E-state index in [0.29, 0.717) is 22.9 Å². The van der Waals surface area contributed by atoms with E-state index in [1.165, 1.54) is 12.1 Å². The summed E-state index contributed by atoms with van der Waals surface area (Å²) in [6.45, 7) is 4.80. The fourth-order valence-electron chi connectivity index (χ4n) is 1.95. The van der Waals surface area contributed by atoms with Gasteiger partial charge in [-0.05, 0) is 32.0 Å². The van der Waals surface area contributed by atoms with Crippen molar-refractivity contribution in [1.82, 2.24) is 9.78 Å². The van der Waals surface area contributed by atoms with E-state index in [9.17, 15) is 4.39 Å². The van der Waals surface area contributed by atoms with Gasteiger partial charge in [0.2, 0.25) is 0 Å². The molecule has 2 rings (SSSR count). The van der Waals surface area contributed by atoms with Crippen molar-refractivity contribution >= 4 is 23.2 Å². The lowest BCUT2D eigenvalue weighted by Gasteiger charge is -2.11. The SMILES string of the molecule is CCn1nc(C)c(Cl)c1COc1ccc(F)cc1CCl. The Balaban J connectivity index is 2.21. The Hall–Kier alpha value is -1.26. The molecule has 1 aromatic carbocycles. The lowest BCUT2D eigenvalue weighted by molar-refractivity contribution is 0.290. The third-order valence-electron chi connectivity index (χ3n) is 2.98. The van der Waals surface area contributed by atoms with Gasteiger partial charge in [0.05, 0.1) is 22.3 Å². The number of halogens is 3. The topological polar surface area (TPSA) is 27.1 Å². The maximum atomic E-state index is 13.1. The number of hydrogen-bond acceptors (Lipinski definition) is 2. The van der Waals surface area contributed by atoms with E-state index in [4.69, 9.17) is 27.9 Å². The Morgan fingerprint density at radius 1 is 1.40 bits per heavy atom. The van der Waals surface area contributed by atoms with E-state index in [-0.39, 0.29) is 18.3 Å². The molecule has 0 spiro atoms. The molecule has 0 unspecified atom stereocenters. The predicted molar refractivity (Wildman–Crippen MR) is 77.9 cm³/mol. The summed E-state index contributed by atoms with van der Waals surface area (Å²) in [5, 5.41) is 4.91. The predicted octanol–water partition coefficient (Wildman–Crippen LogP) is 4.32. The number of nitrogens with zero attached hydrogens (tertiary/aromatic N) is 2. The van der Waals surface area contributed by atoms with Crippen LogP contribution in [-0.2, 0) is 19.0 Å². The first-order valence-electron chi connectivity index (χ1n) is 6.25. The monoisotopic (exact) mass is 316 g/mol. The molecule has 20 heavy (non-hydrogen) atoms. The van der Waals surface area contributed by atoms with Crippen LogP contribution in [0.5, 0.6) is 5.75 Å². The molecule has 1 aromatic heterocycles. The van der Waals surface area contributed by atoms with Crippen LogP contribution in [0.4, 0.5) is 4.39 Å². The molecule has 0 N–H and O–H groups in total. The van der Waals surface area contributed by atoms with Gasteiger partial charge in [-0.25, -0.2) is 4.39 Å². The standard InChI is InChI=1S/C14H15Cl2FN2O/c1-3-19-12(14(16)9(2)18-19)8-20-13-5-4-11(17)6-10(13)7-15/h4-6H,3,7-8H2,1-2H3. The zero-order valence-corrected chi connectivity index (χ0v) is 12.8. The molecule has 108 valence electrons. The molecule has 0 saturated carbocycles. The number of aryl methyl sites for hydroxylation is 2. The second-order valence-electron chi connectivity index (χ2n) is 4.34. The molecule has 0 bridgehead atoms. The highest BCUT2D eigenvalue weighted by molar-refractivity contribution is 6.31. The summed E-state index contributed by atoms with van der Waals surface area (Å²) in [5.41, 5.74) is 2.18. The van der Waals surface area contributed by atoms with Crippen LogP contribution in [0.1, 0.15) is 23.9 Å². The van der Waals surface area contributed by atoms with E-state index < -0.39 is 0 Å². The second-order valence-corrected chi connectivity index (χ2v) is 4.98. The van der Waals surface area contributed by atoms with Crippen LogP contribution < -0.4 is 4.74 Å². The molecule has 0 aliphatic carbocycles. The Bertz CT molecular complexity index is 613. The average molecular weight is 317 g/mol. The number of hydrogen-bond donors (Lipinski definition) is 0. The number of rotatable bonds is 5. The average Bonchev–Trinajstić information content (AvgIpc) is 2.72. The fraction of sp³-hybridized carbons (Fsp3) is 0.357. The molecule has 2 aromatic rings. The second kappa shape index (κ2) is 6.46.